The van der Waals surface area contributed by atoms with Crippen LogP contribution in [0.25, 0.3) is 0 Å². The maximum Gasteiger partial charge on any atom is 0.210 e. The van der Waals surface area contributed by atoms with E-state index in [1.54, 1.807) is 14.2 Å². The Balaban J connectivity index is 1.56. The van der Waals surface area contributed by atoms with Gasteiger partial charge in [-0.25, -0.2) is 0 Å². The van der Waals surface area contributed by atoms with Crippen molar-refractivity contribution in [1.82, 2.24) is 0 Å². The van der Waals surface area contributed by atoms with Gasteiger partial charge in [0.1, 0.15) is 18.0 Å². The van der Waals surface area contributed by atoms with Crippen LogP contribution in [0.15, 0.2) is 84.6 Å². The molecule has 2 aliphatic rings. The van der Waals surface area contributed by atoms with Gasteiger partial charge in [0.15, 0.2) is 5.71 Å². The molecule has 2 aromatic rings. The molecule has 0 aliphatic carbocycles. The van der Waals surface area contributed by atoms with Gasteiger partial charge < -0.3 is 14.4 Å². The Morgan fingerprint density at radius 2 is 1.41 bits per heavy atom. The summed E-state index contributed by atoms with van der Waals surface area (Å²) in [5.41, 5.74) is 7.84. The zero-order chi connectivity index (χ0) is 28.2. The summed E-state index contributed by atoms with van der Waals surface area (Å²) in [4.78, 5) is 2.46. The van der Waals surface area contributed by atoms with Crippen LogP contribution in [0, 0.1) is 0 Å². The molecule has 0 spiro atoms. The minimum atomic E-state index is -0.0854. The average molecular weight is 526 g/mol. The summed E-state index contributed by atoms with van der Waals surface area (Å²) in [6.07, 6.45) is 17.3. The third-order valence-corrected chi connectivity index (χ3v) is 8.68. The van der Waals surface area contributed by atoms with Gasteiger partial charge in [-0.1, -0.05) is 44.2 Å². The number of fused-ring (bicyclic) bond motifs is 2. The van der Waals surface area contributed by atoms with E-state index in [4.69, 9.17) is 9.47 Å². The van der Waals surface area contributed by atoms with Gasteiger partial charge in [-0.05, 0) is 82.5 Å². The summed E-state index contributed by atoms with van der Waals surface area (Å²) in [5.74, 6) is 1.83. The highest BCUT2D eigenvalue weighted by atomic mass is 16.5. The molecule has 0 atom stereocenters. The third kappa shape index (κ3) is 4.86. The van der Waals surface area contributed by atoms with E-state index in [1.807, 2.05) is 6.07 Å². The Bertz CT molecular complexity index is 1350. The summed E-state index contributed by atoms with van der Waals surface area (Å²) in [5, 5.41) is 0. The highest BCUT2D eigenvalue weighted by molar-refractivity contribution is 6.03. The topological polar surface area (TPSA) is 24.7 Å². The Morgan fingerprint density at radius 3 is 2.03 bits per heavy atom. The predicted molar refractivity (Wildman–Crippen MR) is 165 cm³/mol. The second-order valence-electron chi connectivity index (χ2n) is 10.7. The van der Waals surface area contributed by atoms with Crippen LogP contribution in [0.2, 0.25) is 0 Å². The van der Waals surface area contributed by atoms with Crippen LogP contribution in [-0.4, -0.2) is 37.6 Å². The predicted octanol–water partition coefficient (Wildman–Crippen LogP) is 8.25. The van der Waals surface area contributed by atoms with Crippen LogP contribution in [-0.2, 0) is 10.8 Å². The summed E-state index contributed by atoms with van der Waals surface area (Å²) >= 11 is 0. The van der Waals surface area contributed by atoms with Crippen molar-refractivity contribution in [3.63, 3.8) is 0 Å². The fourth-order valence-corrected chi connectivity index (χ4v) is 6.48. The van der Waals surface area contributed by atoms with Crippen molar-refractivity contribution in [2.24, 2.45) is 0 Å². The standard InChI is InChI=1S/C35H45N2O2/c1-9-35(10-2)29-25-27(39-8)21-23-31(29)37(12-4)33(35)19-17-15-13-14-16-18-32-34(5,6)28-24-26(38-7)20-22-30(28)36(32)11-3/h13-25H,9-12H2,1-8H3/q+1. The molecule has 0 saturated heterocycles. The molecule has 0 amide bonds. The lowest BCUT2D eigenvalue weighted by Crippen LogP contribution is -2.30. The summed E-state index contributed by atoms with van der Waals surface area (Å²) in [7, 11) is 3.48. The molecule has 39 heavy (non-hydrogen) atoms. The first-order valence-corrected chi connectivity index (χ1v) is 14.3. The molecule has 2 heterocycles. The number of anilines is 1. The fraction of sp³-hybridized carbons (Fsp3) is 0.400. The molecule has 0 unspecified atom stereocenters. The maximum absolute atomic E-state index is 5.58. The molecular weight excluding hydrogens is 480 g/mol. The number of benzene rings is 2. The molecule has 4 rings (SSSR count). The lowest BCUT2D eigenvalue weighted by molar-refractivity contribution is -0.433. The zero-order valence-electron chi connectivity index (χ0n) is 25.0. The van der Waals surface area contributed by atoms with Crippen LogP contribution in [0.4, 0.5) is 11.4 Å². The van der Waals surface area contributed by atoms with Gasteiger partial charge in [0.25, 0.3) is 0 Å². The molecule has 2 aromatic carbocycles. The van der Waals surface area contributed by atoms with Gasteiger partial charge >= 0.3 is 0 Å². The van der Waals surface area contributed by atoms with Gasteiger partial charge in [0, 0.05) is 41.1 Å². The summed E-state index contributed by atoms with van der Waals surface area (Å²) in [6, 6.07) is 12.9. The van der Waals surface area contributed by atoms with Crippen LogP contribution in [0.3, 0.4) is 0 Å². The van der Waals surface area contributed by atoms with E-state index in [9.17, 15) is 0 Å². The highest BCUT2D eigenvalue weighted by Gasteiger charge is 2.45. The van der Waals surface area contributed by atoms with E-state index in [0.717, 1.165) is 37.4 Å². The van der Waals surface area contributed by atoms with Gasteiger partial charge in [0.2, 0.25) is 5.69 Å². The average Bonchev–Trinajstić information content (AvgIpc) is 3.35. The van der Waals surface area contributed by atoms with E-state index >= 15 is 0 Å². The quantitative estimate of drug-likeness (QED) is 0.231. The molecule has 4 nitrogen and oxygen atoms in total. The van der Waals surface area contributed by atoms with Gasteiger partial charge in [-0.3, -0.25) is 0 Å². The number of allylic oxidation sites excluding steroid dienone is 8. The van der Waals surface area contributed by atoms with Crippen LogP contribution in [0.1, 0.15) is 65.5 Å². The molecule has 0 saturated carbocycles. The number of hydrogen-bond acceptors (Lipinski definition) is 3. The van der Waals surface area contributed by atoms with Gasteiger partial charge in [0.05, 0.1) is 19.6 Å². The lowest BCUT2D eigenvalue weighted by Gasteiger charge is -2.31. The monoisotopic (exact) mass is 525 g/mol. The number of ether oxygens (including phenoxy) is 2. The normalized spacial score (nSPS) is 18.7. The Morgan fingerprint density at radius 1 is 0.795 bits per heavy atom. The number of methoxy groups -OCH3 is 2. The number of nitrogens with zero attached hydrogens (tertiary/aromatic N) is 2. The van der Waals surface area contributed by atoms with Gasteiger partial charge in [-0.15, -0.1) is 0 Å². The minimum Gasteiger partial charge on any atom is -0.497 e. The van der Waals surface area contributed by atoms with Crippen molar-refractivity contribution in [3.8, 4) is 11.5 Å². The molecule has 2 aliphatic heterocycles. The first-order chi connectivity index (χ1) is 18.8. The molecular formula is C35H45N2O2+. The number of likely N-dealkylation sites (N-methyl/N-ethyl adjacent to an activating group) is 1. The number of hydrogen-bond donors (Lipinski definition) is 0. The van der Waals surface area contributed by atoms with Crippen molar-refractivity contribution in [3.05, 3.63) is 95.8 Å². The number of rotatable bonds is 10. The van der Waals surface area contributed by atoms with Crippen molar-refractivity contribution >= 4 is 17.1 Å². The Kier molecular flexibility index (Phi) is 8.54. The van der Waals surface area contributed by atoms with Crippen molar-refractivity contribution < 1.29 is 14.0 Å². The Labute approximate surface area is 235 Å². The summed E-state index contributed by atoms with van der Waals surface area (Å²) < 4.78 is 13.5. The smallest absolute Gasteiger partial charge is 0.210 e. The van der Waals surface area contributed by atoms with Crippen LogP contribution < -0.4 is 14.4 Å². The van der Waals surface area contributed by atoms with E-state index in [1.165, 1.54) is 33.9 Å². The first kappa shape index (κ1) is 28.5. The summed E-state index contributed by atoms with van der Waals surface area (Å²) in [6.45, 7) is 15.5. The lowest BCUT2D eigenvalue weighted by atomic mass is 9.75. The molecule has 0 radical (unpaired) electrons. The van der Waals surface area contributed by atoms with E-state index in [0.29, 0.717) is 0 Å². The van der Waals surface area contributed by atoms with E-state index < -0.39 is 0 Å². The maximum atomic E-state index is 5.58. The van der Waals surface area contributed by atoms with Crippen molar-refractivity contribution in [2.75, 3.05) is 32.2 Å². The third-order valence-electron chi connectivity index (χ3n) is 8.68. The van der Waals surface area contributed by atoms with Crippen molar-refractivity contribution in [2.45, 2.75) is 65.2 Å². The second kappa shape index (κ2) is 11.7. The molecule has 0 bridgehead atoms. The first-order valence-electron chi connectivity index (χ1n) is 14.3. The van der Waals surface area contributed by atoms with Crippen LogP contribution in [0.5, 0.6) is 11.5 Å². The largest absolute Gasteiger partial charge is 0.497 e. The van der Waals surface area contributed by atoms with Crippen LogP contribution >= 0.6 is 0 Å². The van der Waals surface area contributed by atoms with E-state index in [-0.39, 0.29) is 10.8 Å². The minimum absolute atomic E-state index is 0.000164. The van der Waals surface area contributed by atoms with E-state index in [2.05, 4.69) is 124 Å². The van der Waals surface area contributed by atoms with Crippen molar-refractivity contribution in [1.29, 1.82) is 0 Å². The molecule has 0 N–H and O–H groups in total. The molecule has 0 aromatic heterocycles. The second-order valence-corrected chi connectivity index (χ2v) is 10.7. The zero-order valence-corrected chi connectivity index (χ0v) is 25.0. The van der Waals surface area contributed by atoms with Gasteiger partial charge in [-0.2, -0.15) is 4.58 Å². The molecule has 206 valence electrons. The fourth-order valence-electron chi connectivity index (χ4n) is 6.48. The SMILES string of the molecule is CCN1/C(=C/C=C/C=C/C=C/C2=[N+](CC)c3ccc(OC)cc3C2(C)C)C(CC)(CC)c2cc(OC)ccc21. The molecule has 4 heteroatoms. The Hall–Kier alpha value is -3.53. The highest BCUT2D eigenvalue weighted by Crippen LogP contribution is 2.52. The molecule has 0 fully saturated rings.